The fourth-order valence-electron chi connectivity index (χ4n) is 2.53. The van der Waals surface area contributed by atoms with Crippen molar-refractivity contribution >= 4 is 17.7 Å². The standard InChI is InChI=1S/C18H28O8/c1-3-24-17-15(22)18(23)26-16(17)13(20)11-25-14(21)10-8-6-4-5-7-9-12(2)19/h13,16,20,22H,3-11H2,1-2H3/t13-,16+/m0/s1. The van der Waals surface area contributed by atoms with E-state index in [1.165, 1.54) is 0 Å². The molecule has 26 heavy (non-hydrogen) atoms. The summed E-state index contributed by atoms with van der Waals surface area (Å²) in [6, 6.07) is 0. The van der Waals surface area contributed by atoms with Crippen molar-refractivity contribution in [2.75, 3.05) is 13.2 Å². The predicted octanol–water partition coefficient (Wildman–Crippen LogP) is 1.94. The zero-order valence-corrected chi connectivity index (χ0v) is 15.4. The second-order valence-corrected chi connectivity index (χ2v) is 6.19. The van der Waals surface area contributed by atoms with Gasteiger partial charge in [0, 0.05) is 12.8 Å². The maximum Gasteiger partial charge on any atom is 0.378 e. The molecule has 0 saturated heterocycles. The molecule has 1 rings (SSSR count). The van der Waals surface area contributed by atoms with Gasteiger partial charge in [-0.25, -0.2) is 4.79 Å². The molecule has 148 valence electrons. The number of aliphatic hydroxyl groups excluding tert-OH is 2. The van der Waals surface area contributed by atoms with Gasteiger partial charge in [0.05, 0.1) is 6.61 Å². The van der Waals surface area contributed by atoms with Crippen LogP contribution in [-0.4, -0.2) is 53.4 Å². The van der Waals surface area contributed by atoms with E-state index in [0.717, 1.165) is 25.7 Å². The lowest BCUT2D eigenvalue weighted by Crippen LogP contribution is -2.34. The number of carbonyl (C=O) groups is 3. The fourth-order valence-corrected chi connectivity index (χ4v) is 2.53. The van der Waals surface area contributed by atoms with Crippen molar-refractivity contribution in [3.05, 3.63) is 11.5 Å². The largest absolute Gasteiger partial charge is 0.499 e. The summed E-state index contributed by atoms with van der Waals surface area (Å²) in [4.78, 5) is 33.9. The van der Waals surface area contributed by atoms with Gasteiger partial charge >= 0.3 is 11.9 Å². The Kier molecular flexibility index (Phi) is 9.72. The quantitative estimate of drug-likeness (QED) is 0.372. The Bertz CT molecular complexity index is 525. The Labute approximate surface area is 153 Å². The molecular formula is C18H28O8. The van der Waals surface area contributed by atoms with Gasteiger partial charge in [-0.05, 0) is 26.7 Å². The number of aliphatic hydroxyl groups is 2. The van der Waals surface area contributed by atoms with Crippen molar-refractivity contribution in [2.45, 2.75) is 71.0 Å². The molecule has 0 bridgehead atoms. The second kappa shape index (κ2) is 11.5. The SMILES string of the molecule is CCOC1=C(O)C(=O)O[C@@H]1[C@@H](O)COC(=O)CCCCCCCC(C)=O. The zero-order valence-electron chi connectivity index (χ0n) is 15.4. The first-order valence-electron chi connectivity index (χ1n) is 8.96. The number of hydrogen-bond acceptors (Lipinski definition) is 8. The van der Waals surface area contributed by atoms with E-state index in [-0.39, 0.29) is 31.2 Å². The molecule has 2 N–H and O–H groups in total. The summed E-state index contributed by atoms with van der Waals surface area (Å²) in [6.07, 6.45) is 2.62. The van der Waals surface area contributed by atoms with Gasteiger partial charge in [-0.1, -0.05) is 19.3 Å². The Morgan fingerprint density at radius 2 is 1.77 bits per heavy atom. The van der Waals surface area contributed by atoms with E-state index < -0.39 is 29.9 Å². The minimum Gasteiger partial charge on any atom is -0.499 e. The average Bonchev–Trinajstić information content (AvgIpc) is 2.87. The molecule has 1 aliphatic heterocycles. The molecule has 1 heterocycles. The smallest absolute Gasteiger partial charge is 0.378 e. The monoisotopic (exact) mass is 372 g/mol. The van der Waals surface area contributed by atoms with Crippen LogP contribution in [0.4, 0.5) is 0 Å². The second-order valence-electron chi connectivity index (χ2n) is 6.19. The van der Waals surface area contributed by atoms with E-state index in [1.807, 2.05) is 0 Å². The van der Waals surface area contributed by atoms with Crippen LogP contribution in [0.5, 0.6) is 0 Å². The van der Waals surface area contributed by atoms with E-state index >= 15 is 0 Å². The number of esters is 2. The highest BCUT2D eigenvalue weighted by molar-refractivity contribution is 5.89. The summed E-state index contributed by atoms with van der Waals surface area (Å²) in [5, 5.41) is 19.6. The van der Waals surface area contributed by atoms with Crippen LogP contribution in [-0.2, 0) is 28.6 Å². The molecule has 1 aliphatic rings. The van der Waals surface area contributed by atoms with E-state index in [1.54, 1.807) is 13.8 Å². The van der Waals surface area contributed by atoms with Crippen molar-refractivity contribution in [1.29, 1.82) is 0 Å². The van der Waals surface area contributed by atoms with Crippen molar-refractivity contribution in [3.8, 4) is 0 Å². The molecule has 0 aromatic rings. The molecule has 0 radical (unpaired) electrons. The van der Waals surface area contributed by atoms with Crippen LogP contribution in [0, 0.1) is 0 Å². The van der Waals surface area contributed by atoms with E-state index in [2.05, 4.69) is 0 Å². The summed E-state index contributed by atoms with van der Waals surface area (Å²) in [5.41, 5.74) is 0. The van der Waals surface area contributed by atoms with Gasteiger partial charge < -0.3 is 29.2 Å². The molecule has 0 aromatic heterocycles. The van der Waals surface area contributed by atoms with Crippen molar-refractivity contribution < 1.29 is 38.8 Å². The number of cyclic esters (lactones) is 1. The Morgan fingerprint density at radius 3 is 2.38 bits per heavy atom. The molecule has 8 heteroatoms. The molecule has 0 aliphatic carbocycles. The highest BCUT2D eigenvalue weighted by atomic mass is 16.6. The highest BCUT2D eigenvalue weighted by Gasteiger charge is 2.41. The minimum atomic E-state index is -1.32. The number of Topliss-reactive ketones (excluding diaryl/α,β-unsaturated/α-hetero) is 1. The van der Waals surface area contributed by atoms with Crippen LogP contribution in [0.3, 0.4) is 0 Å². The minimum absolute atomic E-state index is 0.147. The van der Waals surface area contributed by atoms with Crippen LogP contribution in [0.15, 0.2) is 11.5 Å². The third kappa shape index (κ3) is 7.43. The van der Waals surface area contributed by atoms with Crippen LogP contribution in [0.2, 0.25) is 0 Å². The molecular weight excluding hydrogens is 344 g/mol. The van der Waals surface area contributed by atoms with Gasteiger partial charge in [0.2, 0.25) is 5.76 Å². The van der Waals surface area contributed by atoms with E-state index in [9.17, 15) is 24.6 Å². The van der Waals surface area contributed by atoms with Crippen molar-refractivity contribution in [1.82, 2.24) is 0 Å². The van der Waals surface area contributed by atoms with Gasteiger partial charge in [-0.15, -0.1) is 0 Å². The predicted molar refractivity (Wildman–Crippen MR) is 91.1 cm³/mol. The molecule has 0 spiro atoms. The summed E-state index contributed by atoms with van der Waals surface area (Å²) in [6.45, 7) is 3.06. The fraction of sp³-hybridized carbons (Fsp3) is 0.722. The highest BCUT2D eigenvalue weighted by Crippen LogP contribution is 2.25. The lowest BCUT2D eigenvalue weighted by molar-refractivity contribution is -0.154. The van der Waals surface area contributed by atoms with Gasteiger partial charge in [0.1, 0.15) is 18.5 Å². The lowest BCUT2D eigenvalue weighted by atomic mass is 10.1. The maximum absolute atomic E-state index is 11.7. The first-order valence-corrected chi connectivity index (χ1v) is 8.96. The number of unbranched alkanes of at least 4 members (excludes halogenated alkanes) is 4. The summed E-state index contributed by atoms with van der Waals surface area (Å²) in [7, 11) is 0. The number of hydrogen-bond donors (Lipinski definition) is 2. The van der Waals surface area contributed by atoms with E-state index in [0.29, 0.717) is 12.8 Å². The summed E-state index contributed by atoms with van der Waals surface area (Å²) >= 11 is 0. The lowest BCUT2D eigenvalue weighted by Gasteiger charge is -2.19. The Balaban J connectivity index is 2.22. The molecule has 2 atom stereocenters. The van der Waals surface area contributed by atoms with Crippen LogP contribution >= 0.6 is 0 Å². The zero-order chi connectivity index (χ0) is 19.5. The van der Waals surface area contributed by atoms with Gasteiger partial charge in [-0.2, -0.15) is 0 Å². The number of rotatable bonds is 13. The van der Waals surface area contributed by atoms with Crippen molar-refractivity contribution in [3.63, 3.8) is 0 Å². The first-order chi connectivity index (χ1) is 12.4. The number of carbonyl (C=O) groups excluding carboxylic acids is 3. The molecule has 8 nitrogen and oxygen atoms in total. The summed E-state index contributed by atoms with van der Waals surface area (Å²) in [5.74, 6) is -2.06. The molecule has 0 aromatic carbocycles. The van der Waals surface area contributed by atoms with Crippen LogP contribution in [0.25, 0.3) is 0 Å². The third-order valence-electron chi connectivity index (χ3n) is 3.89. The van der Waals surface area contributed by atoms with Crippen LogP contribution < -0.4 is 0 Å². The number of ketones is 1. The Hall–Kier alpha value is -2.09. The van der Waals surface area contributed by atoms with Gasteiger partial charge in [0.25, 0.3) is 0 Å². The van der Waals surface area contributed by atoms with Gasteiger partial charge in [-0.3, -0.25) is 4.79 Å². The molecule has 0 fully saturated rings. The molecule has 0 amide bonds. The van der Waals surface area contributed by atoms with E-state index in [4.69, 9.17) is 14.2 Å². The van der Waals surface area contributed by atoms with Gasteiger partial charge in [0.15, 0.2) is 11.9 Å². The third-order valence-corrected chi connectivity index (χ3v) is 3.89. The first kappa shape index (κ1) is 22.0. The normalized spacial score (nSPS) is 17.8. The van der Waals surface area contributed by atoms with Crippen molar-refractivity contribution in [2.24, 2.45) is 0 Å². The summed E-state index contributed by atoms with van der Waals surface area (Å²) < 4.78 is 14.9. The maximum atomic E-state index is 11.7. The number of ether oxygens (including phenoxy) is 3. The topological polar surface area (TPSA) is 119 Å². The molecule has 0 unspecified atom stereocenters. The van der Waals surface area contributed by atoms with Crippen LogP contribution in [0.1, 0.15) is 58.8 Å². The Morgan fingerprint density at radius 1 is 1.15 bits per heavy atom. The molecule has 0 saturated carbocycles. The average molecular weight is 372 g/mol.